The average molecular weight is 420 g/mol. The van der Waals surface area contributed by atoms with Gasteiger partial charge in [-0.3, -0.25) is 4.79 Å². The molecule has 2 heterocycles. The molecule has 0 radical (unpaired) electrons. The Kier molecular flexibility index (Phi) is 5.91. The van der Waals surface area contributed by atoms with Gasteiger partial charge in [0.25, 0.3) is 5.91 Å². The monoisotopic (exact) mass is 419 g/mol. The Morgan fingerprint density at radius 2 is 1.86 bits per heavy atom. The Morgan fingerprint density at radius 1 is 1.14 bits per heavy atom. The first-order chi connectivity index (χ1) is 13.4. The number of aromatic nitrogens is 4. The molecule has 144 valence electrons. The number of para-hydroxylation sites is 1. The Labute approximate surface area is 170 Å². The summed E-state index contributed by atoms with van der Waals surface area (Å²) >= 11 is 12.0. The van der Waals surface area contributed by atoms with Gasteiger partial charge in [0.05, 0.1) is 21.4 Å². The normalized spacial score (nSPS) is 10.6. The van der Waals surface area contributed by atoms with E-state index in [1.807, 2.05) is 18.2 Å². The number of amides is 1. The predicted octanol–water partition coefficient (Wildman–Crippen LogP) is 3.38. The molecule has 0 spiro atoms. The lowest BCUT2D eigenvalue weighted by molar-refractivity contribution is -0.119. The number of carbonyl (C=O) groups is 2. The van der Waals surface area contributed by atoms with Gasteiger partial charge >= 0.3 is 5.97 Å². The highest BCUT2D eigenvalue weighted by Crippen LogP contribution is 2.28. The summed E-state index contributed by atoms with van der Waals surface area (Å²) in [6.45, 7) is 2.79. The second-order valence-corrected chi connectivity index (χ2v) is 6.56. The molecule has 0 bridgehead atoms. The van der Waals surface area contributed by atoms with Gasteiger partial charge in [-0.05, 0) is 31.5 Å². The number of hydrogen-bond donors (Lipinski definition) is 1. The predicted molar refractivity (Wildman–Crippen MR) is 104 cm³/mol. The molecule has 0 aliphatic carbocycles. The summed E-state index contributed by atoms with van der Waals surface area (Å²) < 4.78 is 5.02. The van der Waals surface area contributed by atoms with E-state index in [-0.39, 0.29) is 16.5 Å². The zero-order valence-electron chi connectivity index (χ0n) is 14.9. The maximum Gasteiger partial charge on any atom is 0.361 e. The van der Waals surface area contributed by atoms with Crippen molar-refractivity contribution in [2.45, 2.75) is 13.8 Å². The number of nitrogens with one attached hydrogen (secondary N) is 1. The molecule has 1 aromatic carbocycles. The second kappa shape index (κ2) is 8.37. The highest BCUT2D eigenvalue weighted by molar-refractivity contribution is 6.37. The number of nitrogens with zero attached hydrogens (tertiary/aromatic N) is 4. The molecule has 8 nitrogen and oxygen atoms in total. The summed E-state index contributed by atoms with van der Waals surface area (Å²) in [5, 5.41) is 11.4. The number of pyridine rings is 1. The Hall–Kier alpha value is -2.97. The van der Waals surface area contributed by atoms with Crippen LogP contribution in [-0.4, -0.2) is 38.5 Å². The van der Waals surface area contributed by atoms with Crippen LogP contribution in [0.3, 0.4) is 0 Å². The number of benzene rings is 1. The lowest BCUT2D eigenvalue weighted by Gasteiger charge is -2.09. The van der Waals surface area contributed by atoms with Crippen molar-refractivity contribution >= 4 is 40.9 Å². The zero-order valence-corrected chi connectivity index (χ0v) is 16.5. The lowest BCUT2D eigenvalue weighted by atomic mass is 10.3. The van der Waals surface area contributed by atoms with E-state index >= 15 is 0 Å². The van der Waals surface area contributed by atoms with Gasteiger partial charge in [0, 0.05) is 6.20 Å². The number of carbonyl (C=O) groups excluding carboxylic acids is 2. The summed E-state index contributed by atoms with van der Waals surface area (Å²) in [5.41, 5.74) is 1.68. The maximum absolute atomic E-state index is 12.3. The van der Waals surface area contributed by atoms with Crippen LogP contribution in [0.25, 0.3) is 5.69 Å². The van der Waals surface area contributed by atoms with E-state index < -0.39 is 18.5 Å². The first kappa shape index (κ1) is 19.8. The molecular formula is C18H15Cl2N5O3. The van der Waals surface area contributed by atoms with Crippen molar-refractivity contribution in [3.63, 3.8) is 0 Å². The lowest BCUT2D eigenvalue weighted by Crippen LogP contribution is -2.22. The van der Waals surface area contributed by atoms with Crippen molar-refractivity contribution in [3.8, 4) is 5.69 Å². The Morgan fingerprint density at radius 3 is 2.57 bits per heavy atom. The first-order valence-corrected chi connectivity index (χ1v) is 8.89. The van der Waals surface area contributed by atoms with Crippen molar-refractivity contribution < 1.29 is 14.3 Å². The number of anilines is 1. The largest absolute Gasteiger partial charge is 0.451 e. The highest BCUT2D eigenvalue weighted by Gasteiger charge is 2.19. The molecular weight excluding hydrogens is 405 g/mol. The van der Waals surface area contributed by atoms with Gasteiger partial charge in [-0.25, -0.2) is 9.78 Å². The van der Waals surface area contributed by atoms with Crippen LogP contribution < -0.4 is 5.32 Å². The van der Waals surface area contributed by atoms with Gasteiger partial charge in [-0.2, -0.15) is 9.90 Å². The summed E-state index contributed by atoms with van der Waals surface area (Å²) in [6.07, 6.45) is 1.37. The molecule has 10 heteroatoms. The molecule has 0 saturated heterocycles. The van der Waals surface area contributed by atoms with Crippen LogP contribution >= 0.6 is 23.2 Å². The van der Waals surface area contributed by atoms with Gasteiger partial charge in [0.1, 0.15) is 0 Å². The van der Waals surface area contributed by atoms with Gasteiger partial charge in [-0.1, -0.05) is 41.4 Å². The average Bonchev–Trinajstić information content (AvgIpc) is 3.09. The molecule has 1 amide bonds. The number of halogens is 2. The third-order valence-electron chi connectivity index (χ3n) is 3.76. The molecule has 0 aliphatic heterocycles. The molecule has 0 atom stereocenters. The van der Waals surface area contributed by atoms with Crippen LogP contribution in [0, 0.1) is 13.8 Å². The molecule has 0 saturated carbocycles. The minimum atomic E-state index is -0.763. The molecule has 28 heavy (non-hydrogen) atoms. The van der Waals surface area contributed by atoms with Crippen LogP contribution in [0.1, 0.15) is 21.7 Å². The molecule has 3 aromatic rings. The van der Waals surface area contributed by atoms with Crippen LogP contribution in [0.15, 0.2) is 36.5 Å². The Bertz CT molecular complexity index is 1040. The van der Waals surface area contributed by atoms with Crippen LogP contribution in [0.2, 0.25) is 10.0 Å². The number of esters is 1. The fraction of sp³-hybridized carbons (Fsp3) is 0.167. The fourth-order valence-electron chi connectivity index (χ4n) is 2.26. The molecule has 0 fully saturated rings. The summed E-state index contributed by atoms with van der Waals surface area (Å²) in [4.78, 5) is 29.6. The topological polar surface area (TPSA) is 99.0 Å². The van der Waals surface area contributed by atoms with E-state index in [0.717, 1.165) is 0 Å². The third-order valence-corrected chi connectivity index (χ3v) is 4.60. The number of hydrogen-bond acceptors (Lipinski definition) is 6. The van der Waals surface area contributed by atoms with Crippen molar-refractivity contribution in [1.29, 1.82) is 0 Å². The summed E-state index contributed by atoms with van der Waals surface area (Å²) in [6, 6.07) is 9.11. The molecule has 0 aliphatic rings. The summed E-state index contributed by atoms with van der Waals surface area (Å²) in [5.74, 6) is -1.23. The van der Waals surface area contributed by atoms with Gasteiger partial charge in [-0.15, -0.1) is 5.10 Å². The van der Waals surface area contributed by atoms with Crippen molar-refractivity contribution in [3.05, 3.63) is 63.5 Å². The molecule has 0 unspecified atom stereocenters. The molecule has 2 aromatic heterocycles. The highest BCUT2D eigenvalue weighted by atomic mass is 35.5. The first-order valence-electron chi connectivity index (χ1n) is 8.13. The second-order valence-electron chi connectivity index (χ2n) is 5.78. The van der Waals surface area contributed by atoms with Crippen LogP contribution in [0.5, 0.6) is 0 Å². The van der Waals surface area contributed by atoms with Crippen molar-refractivity contribution in [2.75, 3.05) is 11.9 Å². The van der Waals surface area contributed by atoms with E-state index in [1.54, 1.807) is 26.0 Å². The number of rotatable bonds is 5. The maximum atomic E-state index is 12.3. The van der Waals surface area contributed by atoms with Crippen molar-refractivity contribution in [1.82, 2.24) is 20.0 Å². The van der Waals surface area contributed by atoms with E-state index in [4.69, 9.17) is 27.9 Å². The van der Waals surface area contributed by atoms with Gasteiger partial charge < -0.3 is 10.1 Å². The zero-order chi connectivity index (χ0) is 20.3. The van der Waals surface area contributed by atoms with Crippen molar-refractivity contribution in [2.24, 2.45) is 0 Å². The third kappa shape index (κ3) is 4.29. The van der Waals surface area contributed by atoms with E-state index in [1.165, 1.54) is 11.0 Å². The summed E-state index contributed by atoms with van der Waals surface area (Å²) in [7, 11) is 0. The SMILES string of the molecule is Cc1nn(-c2ccccc2)nc1C(=O)OCC(=O)Nc1ncc(Cl)c(C)c1Cl. The van der Waals surface area contributed by atoms with Crippen LogP contribution in [-0.2, 0) is 9.53 Å². The number of ether oxygens (including phenoxy) is 1. The molecule has 3 rings (SSSR count). The minimum Gasteiger partial charge on any atom is -0.451 e. The smallest absolute Gasteiger partial charge is 0.361 e. The fourth-order valence-corrected chi connectivity index (χ4v) is 2.65. The standard InChI is InChI=1S/C18H15Cl2N5O3/c1-10-13(19)8-21-17(15(10)20)22-14(26)9-28-18(27)16-11(2)23-25(24-16)12-6-4-3-5-7-12/h3-8H,9H2,1-2H3,(H,21,22,26). The van der Waals surface area contributed by atoms with E-state index in [9.17, 15) is 9.59 Å². The van der Waals surface area contributed by atoms with Gasteiger partial charge in [0.15, 0.2) is 18.1 Å². The Balaban J connectivity index is 1.64. The van der Waals surface area contributed by atoms with E-state index in [2.05, 4.69) is 20.5 Å². The van der Waals surface area contributed by atoms with Crippen LogP contribution in [0.4, 0.5) is 5.82 Å². The quantitative estimate of drug-likeness (QED) is 0.636. The molecule has 1 N–H and O–H groups in total. The number of aryl methyl sites for hydroxylation is 1. The van der Waals surface area contributed by atoms with Gasteiger partial charge in [0.2, 0.25) is 0 Å². The van der Waals surface area contributed by atoms with E-state index in [0.29, 0.717) is 22.0 Å². The minimum absolute atomic E-state index is 0.0233.